The van der Waals surface area contributed by atoms with E-state index in [1.807, 2.05) is 13.8 Å². The lowest BCUT2D eigenvalue weighted by Gasteiger charge is -2.42. The lowest BCUT2D eigenvalue weighted by atomic mass is 9.84. The molecule has 0 radical (unpaired) electrons. The maximum atomic E-state index is 12.9. The van der Waals surface area contributed by atoms with Gasteiger partial charge in [-0.2, -0.15) is 0 Å². The fourth-order valence-electron chi connectivity index (χ4n) is 5.44. The molecular formula is C27H42Cl2N4O4S. The summed E-state index contributed by atoms with van der Waals surface area (Å²) in [7, 11) is -3.75. The second kappa shape index (κ2) is 14.8. The minimum absolute atomic E-state index is 0.0200. The smallest absolute Gasteiger partial charge is 0.242 e. The summed E-state index contributed by atoms with van der Waals surface area (Å²) in [5.74, 6) is 0.396. The SMILES string of the molecule is CC(C)C[C@H](NC(=O)C[C@H]1CCN2CCCCC2C1)C(=O)NCCCCNS(=O)(=O)c1ccc(Cl)cc1Cl. The van der Waals surface area contributed by atoms with Crippen LogP contribution in [-0.4, -0.2) is 63.4 Å². The molecular weight excluding hydrogens is 547 g/mol. The van der Waals surface area contributed by atoms with E-state index in [-0.39, 0.29) is 34.2 Å². The van der Waals surface area contributed by atoms with Crippen molar-refractivity contribution >= 4 is 45.0 Å². The summed E-state index contributed by atoms with van der Waals surface area (Å²) in [6, 6.07) is 4.28. The maximum Gasteiger partial charge on any atom is 0.242 e. The molecule has 38 heavy (non-hydrogen) atoms. The van der Waals surface area contributed by atoms with Crippen LogP contribution in [0.5, 0.6) is 0 Å². The fourth-order valence-corrected chi connectivity index (χ4v) is 7.28. The predicted octanol–water partition coefficient (Wildman–Crippen LogP) is 4.35. The molecule has 2 saturated heterocycles. The first-order valence-corrected chi connectivity index (χ1v) is 16.0. The molecule has 2 amide bonds. The highest BCUT2D eigenvalue weighted by Crippen LogP contribution is 2.31. The number of hydrogen-bond donors (Lipinski definition) is 3. The third kappa shape index (κ3) is 9.66. The van der Waals surface area contributed by atoms with Gasteiger partial charge in [0.15, 0.2) is 0 Å². The Labute approximate surface area is 237 Å². The molecule has 0 aromatic heterocycles. The van der Waals surface area contributed by atoms with Crippen molar-refractivity contribution in [2.45, 2.75) is 88.6 Å². The fraction of sp³-hybridized carbons (Fsp3) is 0.704. The highest BCUT2D eigenvalue weighted by atomic mass is 35.5. The normalized spacial score (nSPS) is 21.1. The monoisotopic (exact) mass is 588 g/mol. The number of benzene rings is 1. The van der Waals surface area contributed by atoms with E-state index < -0.39 is 16.1 Å². The first-order chi connectivity index (χ1) is 18.0. The van der Waals surface area contributed by atoms with E-state index in [2.05, 4.69) is 20.3 Å². The molecule has 214 valence electrons. The van der Waals surface area contributed by atoms with E-state index >= 15 is 0 Å². The number of hydrogen-bond acceptors (Lipinski definition) is 5. The minimum Gasteiger partial charge on any atom is -0.354 e. The Morgan fingerprint density at radius 3 is 2.58 bits per heavy atom. The quantitative estimate of drug-likeness (QED) is 0.297. The first kappa shape index (κ1) is 31.1. The van der Waals surface area contributed by atoms with Crippen LogP contribution in [0.2, 0.25) is 10.0 Å². The minimum atomic E-state index is -3.75. The van der Waals surface area contributed by atoms with Gasteiger partial charge in [-0.15, -0.1) is 0 Å². The third-order valence-electron chi connectivity index (χ3n) is 7.39. The highest BCUT2D eigenvalue weighted by Gasteiger charge is 2.32. The van der Waals surface area contributed by atoms with E-state index in [0.29, 0.717) is 49.2 Å². The summed E-state index contributed by atoms with van der Waals surface area (Å²) >= 11 is 11.9. The van der Waals surface area contributed by atoms with Crippen LogP contribution in [0.3, 0.4) is 0 Å². The topological polar surface area (TPSA) is 108 Å². The average molecular weight is 590 g/mol. The standard InChI is InChI=1S/C27H42Cl2N4O4S/c1-19(2)15-24(32-26(34)17-20-10-14-33-13-6-3-7-22(33)16-20)27(35)30-11-4-5-12-31-38(36,37)25-9-8-21(28)18-23(25)29/h8-9,18-20,22,24,31H,3-7,10-17H2,1-2H3,(H,30,35)(H,32,34)/t20-,22?,24-/m0/s1. The number of unbranched alkanes of at least 4 members (excludes halogenated alkanes) is 1. The molecule has 0 aliphatic carbocycles. The molecule has 3 rings (SSSR count). The summed E-state index contributed by atoms with van der Waals surface area (Å²) in [5, 5.41) is 6.32. The van der Waals surface area contributed by atoms with E-state index in [0.717, 1.165) is 19.4 Å². The molecule has 3 N–H and O–H groups in total. The van der Waals surface area contributed by atoms with Gasteiger partial charge in [0.1, 0.15) is 10.9 Å². The van der Waals surface area contributed by atoms with Crippen molar-refractivity contribution in [3.8, 4) is 0 Å². The van der Waals surface area contributed by atoms with Gasteiger partial charge in [0, 0.05) is 30.6 Å². The van der Waals surface area contributed by atoms with Crippen LogP contribution in [-0.2, 0) is 19.6 Å². The molecule has 8 nitrogen and oxygen atoms in total. The van der Waals surface area contributed by atoms with Crippen LogP contribution in [0.15, 0.2) is 23.1 Å². The molecule has 1 aromatic rings. The number of nitrogens with one attached hydrogen (secondary N) is 3. The van der Waals surface area contributed by atoms with E-state index in [1.54, 1.807) is 0 Å². The average Bonchev–Trinajstić information content (AvgIpc) is 2.85. The zero-order valence-corrected chi connectivity index (χ0v) is 24.8. The van der Waals surface area contributed by atoms with Crippen molar-refractivity contribution < 1.29 is 18.0 Å². The van der Waals surface area contributed by atoms with Crippen molar-refractivity contribution in [2.24, 2.45) is 11.8 Å². The largest absolute Gasteiger partial charge is 0.354 e. The number of halogens is 2. The van der Waals surface area contributed by atoms with Crippen molar-refractivity contribution in [3.05, 3.63) is 28.2 Å². The molecule has 11 heteroatoms. The van der Waals surface area contributed by atoms with Gasteiger partial charge < -0.3 is 15.5 Å². The van der Waals surface area contributed by atoms with Crippen LogP contribution in [0.4, 0.5) is 0 Å². The molecule has 2 heterocycles. The lowest BCUT2D eigenvalue weighted by molar-refractivity contribution is -0.130. The number of piperidine rings is 2. The van der Waals surface area contributed by atoms with Crippen LogP contribution in [0.1, 0.15) is 71.6 Å². The number of fused-ring (bicyclic) bond motifs is 1. The van der Waals surface area contributed by atoms with E-state index in [1.165, 1.54) is 44.0 Å². The molecule has 2 aliphatic rings. The Bertz CT molecular complexity index is 1050. The number of nitrogens with zero attached hydrogens (tertiary/aromatic N) is 1. The number of amides is 2. The third-order valence-corrected chi connectivity index (χ3v) is 9.57. The molecule has 1 unspecified atom stereocenters. The Hall–Kier alpha value is -1.39. The first-order valence-electron chi connectivity index (χ1n) is 13.8. The van der Waals surface area contributed by atoms with Gasteiger partial charge in [-0.1, -0.05) is 43.5 Å². The van der Waals surface area contributed by atoms with Crippen molar-refractivity contribution in [1.82, 2.24) is 20.3 Å². The Morgan fingerprint density at radius 1 is 1.08 bits per heavy atom. The molecule has 0 spiro atoms. The van der Waals surface area contributed by atoms with Crippen LogP contribution < -0.4 is 15.4 Å². The zero-order valence-electron chi connectivity index (χ0n) is 22.5. The van der Waals surface area contributed by atoms with Gasteiger partial charge in [-0.3, -0.25) is 9.59 Å². The molecule has 2 aliphatic heterocycles. The van der Waals surface area contributed by atoms with Gasteiger partial charge >= 0.3 is 0 Å². The van der Waals surface area contributed by atoms with Crippen molar-refractivity contribution in [2.75, 3.05) is 26.2 Å². The van der Waals surface area contributed by atoms with Crippen molar-refractivity contribution in [1.29, 1.82) is 0 Å². The molecule has 1 aromatic carbocycles. The van der Waals surface area contributed by atoms with Crippen LogP contribution in [0.25, 0.3) is 0 Å². The number of carbonyl (C=O) groups excluding carboxylic acids is 2. The number of sulfonamides is 1. The number of rotatable bonds is 13. The lowest BCUT2D eigenvalue weighted by Crippen LogP contribution is -2.49. The Kier molecular flexibility index (Phi) is 12.2. The highest BCUT2D eigenvalue weighted by molar-refractivity contribution is 7.89. The molecule has 3 atom stereocenters. The van der Waals surface area contributed by atoms with Crippen LogP contribution in [0, 0.1) is 11.8 Å². The Balaban J connectivity index is 1.38. The summed E-state index contributed by atoms with van der Waals surface area (Å²) < 4.78 is 27.4. The number of carbonyl (C=O) groups is 2. The van der Waals surface area contributed by atoms with Gasteiger partial charge in [-0.25, -0.2) is 13.1 Å². The van der Waals surface area contributed by atoms with Crippen LogP contribution >= 0.6 is 23.2 Å². The Morgan fingerprint density at radius 2 is 1.84 bits per heavy atom. The molecule has 0 bridgehead atoms. The molecule has 2 fully saturated rings. The van der Waals surface area contributed by atoms with Gasteiger partial charge in [0.25, 0.3) is 0 Å². The second-order valence-corrected chi connectivity index (χ2v) is 13.6. The van der Waals surface area contributed by atoms with E-state index in [4.69, 9.17) is 23.2 Å². The maximum absolute atomic E-state index is 12.9. The van der Waals surface area contributed by atoms with Crippen molar-refractivity contribution in [3.63, 3.8) is 0 Å². The van der Waals surface area contributed by atoms with Gasteiger partial charge in [-0.05, 0) is 88.1 Å². The van der Waals surface area contributed by atoms with Gasteiger partial charge in [0.05, 0.1) is 5.02 Å². The molecule has 0 saturated carbocycles. The summed E-state index contributed by atoms with van der Waals surface area (Å²) in [4.78, 5) is 28.3. The summed E-state index contributed by atoms with van der Waals surface area (Å²) in [6.45, 7) is 6.93. The summed E-state index contributed by atoms with van der Waals surface area (Å²) in [6.07, 6.45) is 8.07. The van der Waals surface area contributed by atoms with Gasteiger partial charge in [0.2, 0.25) is 21.8 Å². The second-order valence-electron chi connectivity index (χ2n) is 11.0. The predicted molar refractivity (Wildman–Crippen MR) is 152 cm³/mol. The van der Waals surface area contributed by atoms with E-state index in [9.17, 15) is 18.0 Å². The zero-order chi connectivity index (χ0) is 27.7. The summed E-state index contributed by atoms with van der Waals surface area (Å²) in [5.41, 5.74) is 0.